The van der Waals surface area contributed by atoms with Crippen LogP contribution in [0.2, 0.25) is 5.02 Å². The molecule has 0 unspecified atom stereocenters. The molecule has 0 saturated heterocycles. The number of ether oxygens (including phenoxy) is 1. The third-order valence-corrected chi connectivity index (χ3v) is 3.50. The monoisotopic (exact) mass is 332 g/mol. The van der Waals surface area contributed by atoms with Gasteiger partial charge in [-0.05, 0) is 42.0 Å². The van der Waals surface area contributed by atoms with Gasteiger partial charge >= 0.3 is 0 Å². The predicted octanol–water partition coefficient (Wildman–Crippen LogP) is 3.22. The maximum Gasteiger partial charge on any atom is 0.172 e. The molecule has 1 heterocycles. The van der Waals surface area contributed by atoms with E-state index in [1.54, 1.807) is 24.3 Å². The Balaban J connectivity index is 1.65. The summed E-state index contributed by atoms with van der Waals surface area (Å²) < 4.78 is 18.3. The zero-order valence-corrected chi connectivity index (χ0v) is 12.8. The highest BCUT2D eigenvalue weighted by Crippen LogP contribution is 2.19. The van der Waals surface area contributed by atoms with Gasteiger partial charge in [0, 0.05) is 5.02 Å². The molecule has 3 N–H and O–H groups in total. The van der Waals surface area contributed by atoms with Crippen LogP contribution in [0.5, 0.6) is 5.75 Å². The lowest BCUT2D eigenvalue weighted by Crippen LogP contribution is -2.13. The fourth-order valence-corrected chi connectivity index (χ4v) is 2.14. The molecule has 0 spiro atoms. The van der Waals surface area contributed by atoms with E-state index in [9.17, 15) is 4.39 Å². The summed E-state index contributed by atoms with van der Waals surface area (Å²) >= 11 is 5.86. The number of hydrogen-bond donors (Lipinski definition) is 2. The quantitative estimate of drug-likeness (QED) is 0.752. The van der Waals surface area contributed by atoms with Crippen LogP contribution in [0.4, 0.5) is 4.39 Å². The molecular weight excluding hydrogens is 319 g/mol. The number of halogens is 2. The summed E-state index contributed by atoms with van der Waals surface area (Å²) in [5.74, 6) is 1.23. The van der Waals surface area contributed by atoms with Crippen molar-refractivity contribution >= 4 is 11.6 Å². The van der Waals surface area contributed by atoms with E-state index in [0.717, 1.165) is 5.56 Å². The molecule has 23 heavy (non-hydrogen) atoms. The fourth-order valence-electron chi connectivity index (χ4n) is 2.02. The van der Waals surface area contributed by atoms with Crippen LogP contribution in [-0.2, 0) is 6.61 Å². The minimum absolute atomic E-state index is 0.186. The molecule has 0 aliphatic rings. The second-order valence-corrected chi connectivity index (χ2v) is 5.35. The number of H-pyrrole nitrogens is 1. The van der Waals surface area contributed by atoms with Crippen LogP contribution in [0.3, 0.4) is 0 Å². The first-order valence-electron chi connectivity index (χ1n) is 6.92. The minimum atomic E-state index is -0.455. The summed E-state index contributed by atoms with van der Waals surface area (Å²) in [6.07, 6.45) is 0. The first-order chi connectivity index (χ1) is 11.1. The van der Waals surface area contributed by atoms with Gasteiger partial charge in [-0.1, -0.05) is 23.7 Å². The van der Waals surface area contributed by atoms with Crippen molar-refractivity contribution in [3.8, 4) is 5.75 Å². The van der Waals surface area contributed by atoms with E-state index in [2.05, 4.69) is 15.2 Å². The van der Waals surface area contributed by atoms with E-state index < -0.39 is 6.04 Å². The van der Waals surface area contributed by atoms with Crippen LogP contribution in [-0.4, -0.2) is 15.2 Å². The van der Waals surface area contributed by atoms with Crippen molar-refractivity contribution in [2.45, 2.75) is 12.6 Å². The van der Waals surface area contributed by atoms with Gasteiger partial charge in [0.05, 0.1) is 6.04 Å². The highest BCUT2D eigenvalue weighted by Gasteiger charge is 2.14. The Morgan fingerprint density at radius 1 is 1.13 bits per heavy atom. The van der Waals surface area contributed by atoms with Crippen molar-refractivity contribution in [2.75, 3.05) is 0 Å². The molecule has 0 aliphatic carbocycles. The highest BCUT2D eigenvalue weighted by atomic mass is 35.5. The standard InChI is InChI=1S/C16H14ClFN4O/c17-11-3-1-10(2-4-11)15(19)16-20-14(21-22-16)9-23-13-7-5-12(18)6-8-13/h1-8,15H,9,19H2,(H,20,21,22)/t15-/m0/s1. The minimum Gasteiger partial charge on any atom is -0.486 e. The Kier molecular flexibility index (Phi) is 4.55. The second-order valence-electron chi connectivity index (χ2n) is 4.91. The van der Waals surface area contributed by atoms with Gasteiger partial charge in [0.1, 0.15) is 18.2 Å². The number of nitrogens with zero attached hydrogens (tertiary/aromatic N) is 2. The van der Waals surface area contributed by atoms with Crippen molar-refractivity contribution in [1.82, 2.24) is 15.2 Å². The van der Waals surface area contributed by atoms with Crippen LogP contribution in [0.1, 0.15) is 23.3 Å². The van der Waals surface area contributed by atoms with Gasteiger partial charge < -0.3 is 10.5 Å². The largest absolute Gasteiger partial charge is 0.486 e. The molecular formula is C16H14ClFN4O. The SMILES string of the molecule is N[C@@H](c1ccc(Cl)cc1)c1n[nH]c(COc2ccc(F)cc2)n1. The molecule has 1 atom stereocenters. The lowest BCUT2D eigenvalue weighted by Gasteiger charge is -2.07. The van der Waals surface area contributed by atoms with Gasteiger partial charge in [-0.15, -0.1) is 0 Å². The second kappa shape index (κ2) is 6.76. The molecule has 3 aromatic rings. The van der Waals surface area contributed by atoms with Crippen molar-refractivity contribution in [3.63, 3.8) is 0 Å². The van der Waals surface area contributed by atoms with E-state index in [-0.39, 0.29) is 12.4 Å². The Hall–Kier alpha value is -2.44. The molecule has 1 aromatic heterocycles. The topological polar surface area (TPSA) is 76.8 Å². The first-order valence-corrected chi connectivity index (χ1v) is 7.30. The summed E-state index contributed by atoms with van der Waals surface area (Å²) in [7, 11) is 0. The van der Waals surface area contributed by atoms with E-state index in [1.807, 2.05) is 12.1 Å². The van der Waals surface area contributed by atoms with Gasteiger partial charge in [-0.25, -0.2) is 9.37 Å². The average Bonchev–Trinajstić information content (AvgIpc) is 3.03. The van der Waals surface area contributed by atoms with E-state index in [1.165, 1.54) is 12.1 Å². The lowest BCUT2D eigenvalue weighted by molar-refractivity contribution is 0.296. The van der Waals surface area contributed by atoms with Gasteiger partial charge in [0.15, 0.2) is 11.6 Å². The number of rotatable bonds is 5. The third kappa shape index (κ3) is 3.85. The summed E-state index contributed by atoms with van der Waals surface area (Å²) in [4.78, 5) is 4.32. The van der Waals surface area contributed by atoms with E-state index in [4.69, 9.17) is 22.1 Å². The van der Waals surface area contributed by atoms with Crippen molar-refractivity contribution in [3.05, 3.63) is 76.6 Å². The first kappa shape index (κ1) is 15.5. The van der Waals surface area contributed by atoms with Crippen LogP contribution in [0, 0.1) is 5.82 Å². The molecule has 2 aromatic carbocycles. The zero-order chi connectivity index (χ0) is 16.2. The zero-order valence-electron chi connectivity index (χ0n) is 12.0. The predicted molar refractivity (Wildman–Crippen MR) is 84.6 cm³/mol. The van der Waals surface area contributed by atoms with Gasteiger partial charge in [-0.3, -0.25) is 5.10 Å². The van der Waals surface area contributed by atoms with Crippen LogP contribution in [0.25, 0.3) is 0 Å². The Labute approximate surface area is 137 Å². The number of nitrogens with one attached hydrogen (secondary N) is 1. The van der Waals surface area contributed by atoms with E-state index in [0.29, 0.717) is 22.4 Å². The van der Waals surface area contributed by atoms with Crippen LogP contribution >= 0.6 is 11.6 Å². The summed E-state index contributed by atoms with van der Waals surface area (Å²) in [6, 6.07) is 12.5. The molecule has 0 aliphatic heterocycles. The number of aromatic nitrogens is 3. The normalized spacial score (nSPS) is 12.1. The maximum absolute atomic E-state index is 12.8. The molecule has 7 heteroatoms. The summed E-state index contributed by atoms with van der Waals surface area (Å²) in [5.41, 5.74) is 6.99. The number of hydrogen-bond acceptors (Lipinski definition) is 4. The lowest BCUT2D eigenvalue weighted by atomic mass is 10.1. The maximum atomic E-state index is 12.8. The Bertz CT molecular complexity index is 774. The van der Waals surface area contributed by atoms with Gasteiger partial charge in [0.25, 0.3) is 0 Å². The molecule has 5 nitrogen and oxygen atoms in total. The highest BCUT2D eigenvalue weighted by molar-refractivity contribution is 6.30. The molecule has 0 bridgehead atoms. The number of benzene rings is 2. The third-order valence-electron chi connectivity index (χ3n) is 3.25. The summed E-state index contributed by atoms with van der Waals surface area (Å²) in [6.45, 7) is 0.186. The molecule has 0 saturated carbocycles. The smallest absolute Gasteiger partial charge is 0.172 e. The van der Waals surface area contributed by atoms with Crippen molar-refractivity contribution in [1.29, 1.82) is 0 Å². The fraction of sp³-hybridized carbons (Fsp3) is 0.125. The number of aromatic amines is 1. The van der Waals surface area contributed by atoms with Crippen LogP contribution in [0.15, 0.2) is 48.5 Å². The van der Waals surface area contributed by atoms with Crippen molar-refractivity contribution < 1.29 is 9.13 Å². The number of nitrogens with two attached hydrogens (primary N) is 1. The van der Waals surface area contributed by atoms with Gasteiger partial charge in [-0.2, -0.15) is 5.10 Å². The molecule has 0 radical (unpaired) electrons. The van der Waals surface area contributed by atoms with E-state index >= 15 is 0 Å². The van der Waals surface area contributed by atoms with Gasteiger partial charge in [0.2, 0.25) is 0 Å². The molecule has 0 fully saturated rings. The Morgan fingerprint density at radius 2 is 1.83 bits per heavy atom. The summed E-state index contributed by atoms with van der Waals surface area (Å²) in [5, 5.41) is 7.53. The van der Waals surface area contributed by atoms with Crippen molar-refractivity contribution in [2.24, 2.45) is 5.73 Å². The Morgan fingerprint density at radius 3 is 2.52 bits per heavy atom. The molecule has 3 rings (SSSR count). The molecule has 118 valence electrons. The average molecular weight is 333 g/mol. The van der Waals surface area contributed by atoms with Crippen LogP contribution < -0.4 is 10.5 Å². The molecule has 0 amide bonds.